The molecule has 156 valence electrons. The third-order valence-electron chi connectivity index (χ3n) is 5.75. The lowest BCUT2D eigenvalue weighted by molar-refractivity contribution is 0.307. The van der Waals surface area contributed by atoms with E-state index in [0.29, 0.717) is 13.2 Å². The van der Waals surface area contributed by atoms with Gasteiger partial charge in [0.05, 0.1) is 25.4 Å². The zero-order chi connectivity index (χ0) is 21.4. The van der Waals surface area contributed by atoms with Crippen LogP contribution in [-0.4, -0.2) is 16.9 Å². The zero-order valence-electron chi connectivity index (χ0n) is 17.6. The summed E-state index contributed by atoms with van der Waals surface area (Å²) in [6, 6.07) is 20.9. The average molecular weight is 475 g/mol. The number of aromatic nitrogens is 2. The van der Waals surface area contributed by atoms with Crippen LogP contribution >= 0.6 is 15.9 Å². The molecule has 2 heterocycles. The molecule has 1 aliphatic rings. The quantitative estimate of drug-likeness (QED) is 0.336. The molecule has 0 radical (unpaired) electrons. The predicted molar refractivity (Wildman–Crippen MR) is 128 cm³/mol. The van der Waals surface area contributed by atoms with Crippen molar-refractivity contribution in [2.24, 2.45) is 0 Å². The van der Waals surface area contributed by atoms with E-state index in [1.54, 1.807) is 7.11 Å². The highest BCUT2D eigenvalue weighted by Crippen LogP contribution is 2.42. The van der Waals surface area contributed by atoms with Crippen molar-refractivity contribution in [2.75, 3.05) is 7.11 Å². The van der Waals surface area contributed by atoms with Gasteiger partial charge in [-0.3, -0.25) is 4.68 Å². The Morgan fingerprint density at radius 3 is 2.68 bits per heavy atom. The van der Waals surface area contributed by atoms with E-state index >= 15 is 0 Å². The Balaban J connectivity index is 1.61. The molecule has 3 aromatic carbocycles. The molecule has 4 nitrogen and oxygen atoms in total. The van der Waals surface area contributed by atoms with E-state index < -0.39 is 0 Å². The fraction of sp³-hybridized carbons (Fsp3) is 0.192. The number of ether oxygens (including phenoxy) is 2. The second kappa shape index (κ2) is 8.23. The van der Waals surface area contributed by atoms with E-state index in [0.717, 1.165) is 34.4 Å². The SMILES string of the molecule is CC/C(Br)=C1\c2cc3cnn(Cc4ccc(OC)cc4)c3cc2COc2ccccc21. The minimum absolute atomic E-state index is 0.531. The van der Waals surface area contributed by atoms with Crippen LogP contribution in [0.3, 0.4) is 0 Å². The van der Waals surface area contributed by atoms with Crippen molar-refractivity contribution in [3.8, 4) is 11.5 Å². The van der Waals surface area contributed by atoms with Crippen LogP contribution in [0, 0.1) is 0 Å². The summed E-state index contributed by atoms with van der Waals surface area (Å²) in [6.07, 6.45) is 2.87. The number of halogens is 1. The number of allylic oxidation sites excluding steroid dienone is 1. The maximum Gasteiger partial charge on any atom is 0.127 e. The minimum atomic E-state index is 0.531. The van der Waals surface area contributed by atoms with Crippen molar-refractivity contribution >= 4 is 32.4 Å². The molecule has 4 aromatic rings. The van der Waals surface area contributed by atoms with Crippen LogP contribution in [0.4, 0.5) is 0 Å². The van der Waals surface area contributed by atoms with E-state index in [-0.39, 0.29) is 0 Å². The lowest BCUT2D eigenvalue weighted by Gasteiger charge is -2.13. The van der Waals surface area contributed by atoms with Crippen molar-refractivity contribution in [2.45, 2.75) is 26.5 Å². The number of methoxy groups -OCH3 is 1. The first-order chi connectivity index (χ1) is 15.2. The normalized spacial score (nSPS) is 14.4. The molecule has 1 aliphatic heterocycles. The van der Waals surface area contributed by atoms with Gasteiger partial charge in [0.2, 0.25) is 0 Å². The predicted octanol–water partition coefficient (Wildman–Crippen LogP) is 6.55. The van der Waals surface area contributed by atoms with Crippen molar-refractivity contribution in [1.82, 2.24) is 9.78 Å². The molecular weight excluding hydrogens is 452 g/mol. The van der Waals surface area contributed by atoms with Gasteiger partial charge in [-0.1, -0.05) is 53.2 Å². The number of hydrogen-bond acceptors (Lipinski definition) is 3. The summed E-state index contributed by atoms with van der Waals surface area (Å²) in [5.41, 5.74) is 6.99. The van der Waals surface area contributed by atoms with Crippen LogP contribution in [0.5, 0.6) is 11.5 Å². The molecular formula is C26H23BrN2O2. The summed E-state index contributed by atoms with van der Waals surface area (Å²) in [5.74, 6) is 1.78. The Labute approximate surface area is 190 Å². The maximum atomic E-state index is 6.21. The van der Waals surface area contributed by atoms with Gasteiger partial charge in [0.25, 0.3) is 0 Å². The first-order valence-corrected chi connectivity index (χ1v) is 11.2. The van der Waals surface area contributed by atoms with Gasteiger partial charge < -0.3 is 9.47 Å². The monoisotopic (exact) mass is 474 g/mol. The molecule has 0 amide bonds. The molecule has 5 rings (SSSR count). The highest BCUT2D eigenvalue weighted by molar-refractivity contribution is 9.11. The molecule has 0 saturated heterocycles. The van der Waals surface area contributed by atoms with E-state index in [2.05, 4.69) is 64.4 Å². The smallest absolute Gasteiger partial charge is 0.127 e. The maximum absolute atomic E-state index is 6.21. The van der Waals surface area contributed by atoms with Crippen molar-refractivity contribution in [3.63, 3.8) is 0 Å². The number of para-hydroxylation sites is 1. The molecule has 0 atom stereocenters. The third-order valence-corrected chi connectivity index (χ3v) is 6.71. The summed E-state index contributed by atoms with van der Waals surface area (Å²) in [6.45, 7) is 3.40. The lowest BCUT2D eigenvalue weighted by Crippen LogP contribution is -2.03. The number of nitrogens with zero attached hydrogens (tertiary/aromatic N) is 2. The zero-order valence-corrected chi connectivity index (χ0v) is 19.1. The topological polar surface area (TPSA) is 36.3 Å². The first kappa shape index (κ1) is 19.9. The highest BCUT2D eigenvalue weighted by atomic mass is 79.9. The van der Waals surface area contributed by atoms with E-state index in [1.807, 2.05) is 35.1 Å². The van der Waals surface area contributed by atoms with Gasteiger partial charge in [0, 0.05) is 21.0 Å². The largest absolute Gasteiger partial charge is 0.497 e. The molecule has 0 aliphatic carbocycles. The number of fused-ring (bicyclic) bond motifs is 3. The summed E-state index contributed by atoms with van der Waals surface area (Å²) < 4.78 is 14.7. The van der Waals surface area contributed by atoms with Gasteiger partial charge in [0.15, 0.2) is 0 Å². The van der Waals surface area contributed by atoms with E-state index in [4.69, 9.17) is 9.47 Å². The van der Waals surface area contributed by atoms with E-state index in [9.17, 15) is 0 Å². The van der Waals surface area contributed by atoms with Crippen LogP contribution < -0.4 is 9.47 Å². The Morgan fingerprint density at radius 1 is 1.10 bits per heavy atom. The van der Waals surface area contributed by atoms with Crippen LogP contribution in [0.1, 0.15) is 35.6 Å². The summed E-state index contributed by atoms with van der Waals surface area (Å²) >= 11 is 3.83. The fourth-order valence-corrected chi connectivity index (χ4v) is 4.55. The van der Waals surface area contributed by atoms with Crippen LogP contribution in [0.2, 0.25) is 0 Å². The van der Waals surface area contributed by atoms with Gasteiger partial charge in [-0.05, 0) is 53.4 Å². The number of rotatable bonds is 4. The third kappa shape index (κ3) is 3.63. The Bertz CT molecular complexity index is 1290. The van der Waals surface area contributed by atoms with E-state index in [1.165, 1.54) is 26.7 Å². The van der Waals surface area contributed by atoms with Gasteiger partial charge in [-0.15, -0.1) is 0 Å². The van der Waals surface area contributed by atoms with Crippen LogP contribution in [-0.2, 0) is 13.2 Å². The van der Waals surface area contributed by atoms with Gasteiger partial charge in [0.1, 0.15) is 18.1 Å². The molecule has 0 N–H and O–H groups in total. The Morgan fingerprint density at radius 2 is 1.90 bits per heavy atom. The summed E-state index contributed by atoms with van der Waals surface area (Å²) in [4.78, 5) is 0. The molecule has 0 fully saturated rings. The second-order valence-corrected chi connectivity index (χ2v) is 8.59. The summed E-state index contributed by atoms with van der Waals surface area (Å²) in [7, 11) is 1.68. The molecule has 1 aromatic heterocycles. The summed E-state index contributed by atoms with van der Waals surface area (Å²) in [5, 5.41) is 5.80. The van der Waals surface area contributed by atoms with Crippen LogP contribution in [0.25, 0.3) is 16.5 Å². The molecule has 0 spiro atoms. The lowest BCUT2D eigenvalue weighted by atomic mass is 9.92. The van der Waals surface area contributed by atoms with Gasteiger partial charge >= 0.3 is 0 Å². The fourth-order valence-electron chi connectivity index (χ4n) is 4.12. The second-order valence-electron chi connectivity index (χ2n) is 7.64. The highest BCUT2D eigenvalue weighted by Gasteiger charge is 2.22. The van der Waals surface area contributed by atoms with Crippen molar-refractivity contribution in [1.29, 1.82) is 0 Å². The number of hydrogen-bond donors (Lipinski definition) is 0. The number of benzene rings is 3. The van der Waals surface area contributed by atoms with Crippen LogP contribution in [0.15, 0.2) is 71.3 Å². The Hall–Kier alpha value is -3.05. The van der Waals surface area contributed by atoms with Crippen molar-refractivity contribution < 1.29 is 9.47 Å². The molecule has 5 heteroatoms. The molecule has 31 heavy (non-hydrogen) atoms. The Kier molecular flexibility index (Phi) is 5.28. The first-order valence-electron chi connectivity index (χ1n) is 10.4. The van der Waals surface area contributed by atoms with Gasteiger partial charge in [-0.25, -0.2) is 0 Å². The van der Waals surface area contributed by atoms with Crippen molar-refractivity contribution in [3.05, 3.63) is 93.6 Å². The standard InChI is InChI=1S/C26H23BrN2O2/c1-3-23(27)26-21-6-4-5-7-25(21)31-16-19-13-24-18(12-22(19)26)14-28-29(24)15-17-8-10-20(30-2)11-9-17/h4-14H,3,15-16H2,1-2H3/b26-23+. The molecule has 0 unspecified atom stereocenters. The average Bonchev–Trinajstić information content (AvgIpc) is 3.11. The molecule has 0 saturated carbocycles. The molecule has 0 bridgehead atoms. The van der Waals surface area contributed by atoms with Gasteiger partial charge in [-0.2, -0.15) is 5.10 Å². The minimum Gasteiger partial charge on any atom is -0.497 e.